The number of carbonyl (C=O) groups is 2. The molecule has 0 bridgehead atoms. The molecule has 0 unspecified atom stereocenters. The summed E-state index contributed by atoms with van der Waals surface area (Å²) in [4.78, 5) is 26.2. The molecule has 0 saturated carbocycles. The number of rotatable bonds is 5. The summed E-state index contributed by atoms with van der Waals surface area (Å²) in [6.07, 6.45) is 0. The van der Waals surface area contributed by atoms with Gasteiger partial charge >= 0.3 is 0 Å². The third-order valence-electron chi connectivity index (χ3n) is 4.11. The fourth-order valence-electron chi connectivity index (χ4n) is 2.62. The largest absolute Gasteiger partial charge is 0.279 e. The topological polar surface area (TPSA) is 102 Å². The molecule has 0 fully saturated rings. The van der Waals surface area contributed by atoms with E-state index in [2.05, 4.69) is 42.2 Å². The van der Waals surface area contributed by atoms with Crippen molar-refractivity contribution in [3.05, 3.63) is 86.5 Å². The fourth-order valence-corrected chi connectivity index (χ4v) is 3.90. The van der Waals surface area contributed by atoms with Crippen LogP contribution in [0.25, 0.3) is 11.4 Å². The van der Waals surface area contributed by atoms with E-state index in [1.807, 2.05) is 30.3 Å². The lowest BCUT2D eigenvalue weighted by Gasteiger charge is -2.07. The molecule has 0 radical (unpaired) electrons. The number of hydrazine groups is 1. The zero-order valence-corrected chi connectivity index (χ0v) is 17.9. The Bertz CT molecular complexity index is 1170. The van der Waals surface area contributed by atoms with Crippen molar-refractivity contribution >= 4 is 39.1 Å². The molecule has 30 heavy (non-hydrogen) atoms. The molecule has 2 aromatic carbocycles. The van der Waals surface area contributed by atoms with Gasteiger partial charge in [-0.15, -0.1) is 21.5 Å². The van der Waals surface area contributed by atoms with Gasteiger partial charge in [-0.3, -0.25) is 20.4 Å². The van der Waals surface area contributed by atoms with Crippen LogP contribution in [-0.4, -0.2) is 32.0 Å². The average Bonchev–Trinajstić information content (AvgIpc) is 3.42. The van der Waals surface area contributed by atoms with Gasteiger partial charge in [-0.1, -0.05) is 42.5 Å². The van der Waals surface area contributed by atoms with Crippen LogP contribution >= 0.6 is 27.3 Å². The average molecular weight is 483 g/mol. The second-order valence-electron chi connectivity index (χ2n) is 6.22. The molecule has 2 aromatic heterocycles. The highest BCUT2D eigenvalue weighted by Gasteiger charge is 2.11. The first-order valence-corrected chi connectivity index (χ1v) is 10.5. The van der Waals surface area contributed by atoms with Crippen molar-refractivity contribution in [3.63, 3.8) is 0 Å². The van der Waals surface area contributed by atoms with Crippen molar-refractivity contribution < 1.29 is 9.59 Å². The van der Waals surface area contributed by atoms with Gasteiger partial charge in [0.05, 0.1) is 15.2 Å². The van der Waals surface area contributed by atoms with Crippen molar-refractivity contribution in [2.45, 2.75) is 6.54 Å². The number of thiophene rings is 1. The number of amides is 2. The zero-order chi connectivity index (χ0) is 20.9. The molecule has 4 aromatic rings. The predicted molar refractivity (Wildman–Crippen MR) is 116 cm³/mol. The molecule has 0 aliphatic heterocycles. The molecule has 8 nitrogen and oxygen atoms in total. The van der Waals surface area contributed by atoms with E-state index in [4.69, 9.17) is 0 Å². The van der Waals surface area contributed by atoms with Gasteiger partial charge in [0.1, 0.15) is 0 Å². The minimum atomic E-state index is -0.407. The summed E-state index contributed by atoms with van der Waals surface area (Å²) in [6, 6.07) is 20.0. The predicted octanol–water partition coefficient (Wildman–Crippen LogP) is 3.29. The number of carbonyl (C=O) groups excluding carboxylic acids is 2. The van der Waals surface area contributed by atoms with Crippen LogP contribution in [0.1, 0.15) is 25.6 Å². The molecule has 0 atom stereocenters. The first-order chi connectivity index (χ1) is 14.6. The minimum Gasteiger partial charge on any atom is -0.267 e. The monoisotopic (exact) mass is 482 g/mol. The summed E-state index contributed by atoms with van der Waals surface area (Å²) in [6.45, 7) is 0.422. The molecule has 0 spiro atoms. The number of hydrogen-bond acceptors (Lipinski definition) is 6. The molecule has 4 rings (SSSR count). The van der Waals surface area contributed by atoms with E-state index in [0.29, 0.717) is 22.8 Å². The highest BCUT2D eigenvalue weighted by Crippen LogP contribution is 2.21. The van der Waals surface area contributed by atoms with E-state index in [1.54, 1.807) is 36.4 Å². The standard InChI is InChI=1S/C20H15BrN6O2S/c21-17-11-10-16(30-17)20(29)24-23-19(28)15-8-6-13(7-9-15)12-27-25-18(22-26-27)14-4-2-1-3-5-14/h1-11H,12H2,(H,23,28)(H,24,29). The van der Waals surface area contributed by atoms with Gasteiger partial charge in [-0.2, -0.15) is 4.80 Å². The molecule has 10 heteroatoms. The number of nitrogens with zero attached hydrogens (tertiary/aromatic N) is 4. The van der Waals surface area contributed by atoms with Crippen molar-refractivity contribution in [1.29, 1.82) is 0 Å². The van der Waals surface area contributed by atoms with Crippen LogP contribution in [-0.2, 0) is 6.54 Å². The maximum absolute atomic E-state index is 12.2. The molecule has 2 N–H and O–H groups in total. The zero-order valence-electron chi connectivity index (χ0n) is 15.4. The summed E-state index contributed by atoms with van der Waals surface area (Å²) in [5.41, 5.74) is 7.04. The third-order valence-corrected chi connectivity index (χ3v) is 5.73. The highest BCUT2D eigenvalue weighted by molar-refractivity contribution is 9.11. The van der Waals surface area contributed by atoms with Gasteiger partial charge in [0.2, 0.25) is 5.82 Å². The summed E-state index contributed by atoms with van der Waals surface area (Å²) in [7, 11) is 0. The second-order valence-corrected chi connectivity index (χ2v) is 8.68. The molecule has 150 valence electrons. The van der Waals surface area contributed by atoms with Gasteiger partial charge in [0, 0.05) is 11.1 Å². The number of halogens is 1. The molecule has 0 aliphatic carbocycles. The van der Waals surface area contributed by atoms with Gasteiger partial charge in [-0.05, 0) is 51.0 Å². The fraction of sp³-hybridized carbons (Fsp3) is 0.0500. The lowest BCUT2D eigenvalue weighted by Crippen LogP contribution is -2.41. The first kappa shape index (κ1) is 19.9. The summed E-state index contributed by atoms with van der Waals surface area (Å²) < 4.78 is 0.840. The molecule has 2 amide bonds. The van der Waals surface area contributed by atoms with Crippen LogP contribution in [0, 0.1) is 0 Å². The van der Waals surface area contributed by atoms with E-state index >= 15 is 0 Å². The van der Waals surface area contributed by atoms with E-state index in [-0.39, 0.29) is 5.91 Å². The SMILES string of the molecule is O=C(NNC(=O)c1ccc(Br)s1)c1ccc(Cn2nnc(-c3ccccc3)n2)cc1. The molecule has 0 saturated heterocycles. The Balaban J connectivity index is 1.34. The number of aromatic nitrogens is 4. The smallest absolute Gasteiger partial charge is 0.267 e. The Morgan fingerprint density at radius 3 is 2.37 bits per heavy atom. The highest BCUT2D eigenvalue weighted by atomic mass is 79.9. The number of tetrazole rings is 1. The van der Waals surface area contributed by atoms with Gasteiger partial charge in [0.15, 0.2) is 0 Å². The molecule has 0 aliphatic rings. The van der Waals surface area contributed by atoms with E-state index in [9.17, 15) is 9.59 Å². The summed E-state index contributed by atoms with van der Waals surface area (Å²) in [5, 5.41) is 12.5. The summed E-state index contributed by atoms with van der Waals surface area (Å²) >= 11 is 4.58. The minimum absolute atomic E-state index is 0.373. The lowest BCUT2D eigenvalue weighted by molar-refractivity contribution is 0.0849. The van der Waals surface area contributed by atoms with Crippen molar-refractivity contribution in [2.75, 3.05) is 0 Å². The second kappa shape index (κ2) is 8.97. The lowest BCUT2D eigenvalue weighted by atomic mass is 10.1. The Hall–Kier alpha value is -3.37. The van der Waals surface area contributed by atoms with Crippen LogP contribution in [0.2, 0.25) is 0 Å². The number of benzene rings is 2. The van der Waals surface area contributed by atoms with Crippen molar-refractivity contribution in [1.82, 2.24) is 31.1 Å². The van der Waals surface area contributed by atoms with Crippen molar-refractivity contribution in [2.24, 2.45) is 0 Å². The normalized spacial score (nSPS) is 10.6. The van der Waals surface area contributed by atoms with Crippen molar-refractivity contribution in [3.8, 4) is 11.4 Å². The van der Waals surface area contributed by atoms with E-state index in [0.717, 1.165) is 14.9 Å². The molecule has 2 heterocycles. The van der Waals surface area contributed by atoms with Gasteiger partial charge < -0.3 is 0 Å². The van der Waals surface area contributed by atoms with Crippen LogP contribution < -0.4 is 10.9 Å². The van der Waals surface area contributed by atoms with Crippen LogP contribution in [0.5, 0.6) is 0 Å². The van der Waals surface area contributed by atoms with E-state index in [1.165, 1.54) is 16.1 Å². The molecular formula is C20H15BrN6O2S. The maximum atomic E-state index is 12.2. The van der Waals surface area contributed by atoms with Gasteiger partial charge in [-0.25, -0.2) is 0 Å². The van der Waals surface area contributed by atoms with E-state index < -0.39 is 5.91 Å². The Labute approximate surface area is 184 Å². The Kier molecular flexibility index (Phi) is 5.96. The number of hydrogen-bond donors (Lipinski definition) is 2. The third kappa shape index (κ3) is 4.78. The van der Waals surface area contributed by atoms with Gasteiger partial charge in [0.25, 0.3) is 11.8 Å². The van der Waals surface area contributed by atoms with Crippen LogP contribution in [0.3, 0.4) is 0 Å². The quantitative estimate of drug-likeness (QED) is 0.425. The Morgan fingerprint density at radius 2 is 1.67 bits per heavy atom. The maximum Gasteiger partial charge on any atom is 0.279 e. The first-order valence-electron chi connectivity index (χ1n) is 8.87. The van der Waals surface area contributed by atoms with Crippen LogP contribution in [0.15, 0.2) is 70.5 Å². The molecular weight excluding hydrogens is 468 g/mol. The summed E-state index contributed by atoms with van der Waals surface area (Å²) in [5.74, 6) is -0.224. The Morgan fingerprint density at radius 1 is 0.933 bits per heavy atom. The van der Waals surface area contributed by atoms with Crippen LogP contribution in [0.4, 0.5) is 0 Å². The number of nitrogens with one attached hydrogen (secondary N) is 2.